The monoisotopic (exact) mass is 262 g/mol. The molecule has 0 aliphatic carbocycles. The number of thiocarbonyl (C=S) groups is 1. The van der Waals surface area contributed by atoms with E-state index in [4.69, 9.17) is 23.8 Å². The van der Waals surface area contributed by atoms with Crippen molar-refractivity contribution in [2.75, 3.05) is 10.6 Å². The van der Waals surface area contributed by atoms with Crippen molar-refractivity contribution in [1.82, 2.24) is 0 Å². The van der Waals surface area contributed by atoms with E-state index in [0.29, 0.717) is 10.1 Å². The summed E-state index contributed by atoms with van der Waals surface area (Å²) in [4.78, 5) is 0. The van der Waals surface area contributed by atoms with Gasteiger partial charge in [0.2, 0.25) is 0 Å². The average molecular weight is 263 g/mol. The van der Waals surface area contributed by atoms with E-state index in [9.17, 15) is 0 Å². The molecular weight excluding hydrogens is 252 g/mol. The maximum atomic E-state index is 5.88. The fourth-order valence-electron chi connectivity index (χ4n) is 1.38. The molecular formula is C13H11ClN2S. The highest BCUT2D eigenvalue weighted by Crippen LogP contribution is 2.15. The Labute approximate surface area is 111 Å². The summed E-state index contributed by atoms with van der Waals surface area (Å²) in [6, 6.07) is 17.2. The molecule has 2 nitrogen and oxygen atoms in total. The topological polar surface area (TPSA) is 24.1 Å². The van der Waals surface area contributed by atoms with Crippen LogP contribution in [0.2, 0.25) is 5.02 Å². The highest BCUT2D eigenvalue weighted by molar-refractivity contribution is 7.80. The van der Waals surface area contributed by atoms with Gasteiger partial charge in [-0.1, -0.05) is 35.9 Å². The first kappa shape index (κ1) is 11.9. The number of para-hydroxylation sites is 1. The number of hydrogen-bond donors (Lipinski definition) is 2. The van der Waals surface area contributed by atoms with E-state index in [2.05, 4.69) is 10.6 Å². The summed E-state index contributed by atoms with van der Waals surface area (Å²) in [5.74, 6) is 0. The summed E-state index contributed by atoms with van der Waals surface area (Å²) in [6.07, 6.45) is 0. The molecule has 0 radical (unpaired) electrons. The second-order valence-electron chi connectivity index (χ2n) is 3.46. The average Bonchev–Trinajstić information content (AvgIpc) is 2.30. The molecule has 0 atom stereocenters. The predicted molar refractivity (Wildman–Crippen MR) is 77.7 cm³/mol. The number of nitrogens with one attached hydrogen (secondary N) is 2. The molecule has 0 fully saturated rings. The van der Waals surface area contributed by atoms with Gasteiger partial charge in [-0.25, -0.2) is 0 Å². The van der Waals surface area contributed by atoms with Crippen molar-refractivity contribution < 1.29 is 0 Å². The Balaban J connectivity index is 1.98. The van der Waals surface area contributed by atoms with Crippen LogP contribution in [0.3, 0.4) is 0 Å². The van der Waals surface area contributed by atoms with Crippen LogP contribution < -0.4 is 10.6 Å². The smallest absolute Gasteiger partial charge is 0.175 e. The van der Waals surface area contributed by atoms with E-state index in [0.717, 1.165) is 11.4 Å². The molecule has 2 aromatic rings. The molecule has 0 heterocycles. The Kier molecular flexibility index (Phi) is 3.96. The lowest BCUT2D eigenvalue weighted by molar-refractivity contribution is 1.60. The zero-order valence-electron chi connectivity index (χ0n) is 8.98. The molecule has 0 unspecified atom stereocenters. The van der Waals surface area contributed by atoms with Crippen molar-refractivity contribution in [2.45, 2.75) is 0 Å². The van der Waals surface area contributed by atoms with Crippen LogP contribution >= 0.6 is 23.8 Å². The van der Waals surface area contributed by atoms with Gasteiger partial charge in [-0.2, -0.15) is 0 Å². The van der Waals surface area contributed by atoms with Gasteiger partial charge in [-0.3, -0.25) is 0 Å². The minimum absolute atomic E-state index is 0.540. The quantitative estimate of drug-likeness (QED) is 0.795. The zero-order valence-corrected chi connectivity index (χ0v) is 10.6. The molecule has 0 spiro atoms. The largest absolute Gasteiger partial charge is 0.332 e. The van der Waals surface area contributed by atoms with E-state index in [1.807, 2.05) is 54.6 Å². The van der Waals surface area contributed by atoms with Gasteiger partial charge in [0, 0.05) is 16.4 Å². The van der Waals surface area contributed by atoms with Gasteiger partial charge in [0.05, 0.1) is 0 Å². The molecule has 4 heteroatoms. The van der Waals surface area contributed by atoms with Crippen LogP contribution in [-0.2, 0) is 0 Å². The highest BCUT2D eigenvalue weighted by atomic mass is 35.5. The lowest BCUT2D eigenvalue weighted by Gasteiger charge is -2.10. The molecule has 17 heavy (non-hydrogen) atoms. The summed E-state index contributed by atoms with van der Waals surface area (Å²) in [6.45, 7) is 0. The zero-order chi connectivity index (χ0) is 12.1. The number of halogens is 1. The summed E-state index contributed by atoms with van der Waals surface area (Å²) < 4.78 is 0. The SMILES string of the molecule is S=C(Nc1ccccc1)Nc1cccc(Cl)c1. The Morgan fingerprint density at radius 3 is 2.24 bits per heavy atom. The van der Waals surface area contributed by atoms with Gasteiger partial charge in [-0.05, 0) is 42.5 Å². The van der Waals surface area contributed by atoms with E-state index in [1.54, 1.807) is 0 Å². The van der Waals surface area contributed by atoms with Crippen LogP contribution in [0.1, 0.15) is 0 Å². The van der Waals surface area contributed by atoms with Crippen LogP contribution in [0.15, 0.2) is 54.6 Å². The Bertz CT molecular complexity index is 514. The van der Waals surface area contributed by atoms with Crippen LogP contribution in [-0.4, -0.2) is 5.11 Å². The minimum atomic E-state index is 0.540. The molecule has 0 aliphatic heterocycles. The maximum Gasteiger partial charge on any atom is 0.175 e. The van der Waals surface area contributed by atoms with Crippen molar-refractivity contribution in [3.8, 4) is 0 Å². The van der Waals surface area contributed by atoms with Crippen molar-refractivity contribution in [1.29, 1.82) is 0 Å². The lowest BCUT2D eigenvalue weighted by Crippen LogP contribution is -2.18. The molecule has 2 rings (SSSR count). The molecule has 0 aliphatic rings. The van der Waals surface area contributed by atoms with Crippen molar-refractivity contribution >= 4 is 40.3 Å². The number of benzene rings is 2. The second kappa shape index (κ2) is 5.66. The van der Waals surface area contributed by atoms with Crippen LogP contribution in [0, 0.1) is 0 Å². The first-order chi connectivity index (χ1) is 8.24. The van der Waals surface area contributed by atoms with Gasteiger partial charge < -0.3 is 10.6 Å². The van der Waals surface area contributed by atoms with Crippen LogP contribution in [0.5, 0.6) is 0 Å². The van der Waals surface area contributed by atoms with E-state index in [1.165, 1.54) is 0 Å². The first-order valence-electron chi connectivity index (χ1n) is 5.13. The van der Waals surface area contributed by atoms with Gasteiger partial charge in [0.25, 0.3) is 0 Å². The molecule has 0 bridgehead atoms. The summed E-state index contributed by atoms with van der Waals surface area (Å²) in [7, 11) is 0. The van der Waals surface area contributed by atoms with Crippen LogP contribution in [0.25, 0.3) is 0 Å². The highest BCUT2D eigenvalue weighted by Gasteiger charge is 1.98. The second-order valence-corrected chi connectivity index (χ2v) is 4.30. The molecule has 0 saturated heterocycles. The standard InChI is InChI=1S/C13H11ClN2S/c14-10-5-4-8-12(9-10)16-13(17)15-11-6-2-1-3-7-11/h1-9H,(H2,15,16,17). The third-order valence-electron chi connectivity index (χ3n) is 2.11. The van der Waals surface area contributed by atoms with E-state index >= 15 is 0 Å². The number of anilines is 2. The predicted octanol–water partition coefficient (Wildman–Crippen LogP) is 4.15. The molecule has 86 valence electrons. The molecule has 2 N–H and O–H groups in total. The molecule has 0 saturated carbocycles. The Hall–Kier alpha value is -1.58. The third-order valence-corrected chi connectivity index (χ3v) is 2.55. The van der Waals surface area contributed by atoms with Crippen molar-refractivity contribution in [3.63, 3.8) is 0 Å². The molecule has 0 amide bonds. The van der Waals surface area contributed by atoms with Crippen molar-refractivity contribution in [3.05, 3.63) is 59.6 Å². The summed E-state index contributed by atoms with van der Waals surface area (Å²) in [5.41, 5.74) is 1.82. The van der Waals surface area contributed by atoms with Gasteiger partial charge in [0.15, 0.2) is 5.11 Å². The normalized spacial score (nSPS) is 9.71. The fourth-order valence-corrected chi connectivity index (χ4v) is 1.81. The van der Waals surface area contributed by atoms with Crippen molar-refractivity contribution in [2.24, 2.45) is 0 Å². The Morgan fingerprint density at radius 1 is 0.882 bits per heavy atom. The van der Waals surface area contributed by atoms with Gasteiger partial charge in [-0.15, -0.1) is 0 Å². The Morgan fingerprint density at radius 2 is 1.53 bits per heavy atom. The third kappa shape index (κ3) is 3.73. The summed E-state index contributed by atoms with van der Waals surface area (Å²) >= 11 is 11.1. The van der Waals surface area contributed by atoms with E-state index < -0.39 is 0 Å². The van der Waals surface area contributed by atoms with Gasteiger partial charge >= 0.3 is 0 Å². The van der Waals surface area contributed by atoms with Gasteiger partial charge in [0.1, 0.15) is 0 Å². The lowest BCUT2D eigenvalue weighted by atomic mass is 10.3. The summed E-state index contributed by atoms with van der Waals surface area (Å²) in [5, 5.41) is 7.37. The molecule has 0 aromatic heterocycles. The minimum Gasteiger partial charge on any atom is -0.332 e. The first-order valence-corrected chi connectivity index (χ1v) is 5.91. The van der Waals surface area contributed by atoms with Crippen LogP contribution in [0.4, 0.5) is 11.4 Å². The van der Waals surface area contributed by atoms with E-state index in [-0.39, 0.29) is 0 Å². The molecule has 2 aromatic carbocycles. The fraction of sp³-hybridized carbons (Fsp3) is 0. The number of hydrogen-bond acceptors (Lipinski definition) is 1. The maximum absolute atomic E-state index is 5.88. The number of rotatable bonds is 2.